The summed E-state index contributed by atoms with van der Waals surface area (Å²) in [6, 6.07) is 0. The molecule has 0 aromatic rings. The lowest BCUT2D eigenvalue weighted by atomic mass is 10.1. The molecule has 0 aliphatic carbocycles. The third-order valence-electron chi connectivity index (χ3n) is 2.36. The van der Waals surface area contributed by atoms with Crippen LogP contribution >= 0.6 is 0 Å². The van der Waals surface area contributed by atoms with Crippen molar-refractivity contribution in [2.75, 3.05) is 13.1 Å². The van der Waals surface area contributed by atoms with E-state index in [-0.39, 0.29) is 5.92 Å². The third kappa shape index (κ3) is 6.33. The standard InChI is InChI=1S/C11H22F3NO/c1-5-6-15-7-10(8(2)3)16-9(4)11(12,13)14/h8-10,15H,5-7H2,1-4H3. The SMILES string of the molecule is CCCNCC(OC(C)C(F)(F)F)C(C)C. The molecule has 2 atom stereocenters. The number of rotatable bonds is 7. The highest BCUT2D eigenvalue weighted by Gasteiger charge is 2.38. The van der Waals surface area contributed by atoms with Crippen molar-refractivity contribution in [2.24, 2.45) is 5.92 Å². The summed E-state index contributed by atoms with van der Waals surface area (Å²) in [5.41, 5.74) is 0. The Bertz CT molecular complexity index is 183. The molecule has 0 fully saturated rings. The summed E-state index contributed by atoms with van der Waals surface area (Å²) < 4.78 is 42.0. The molecule has 2 nitrogen and oxygen atoms in total. The van der Waals surface area contributed by atoms with Crippen LogP contribution in [-0.2, 0) is 4.74 Å². The molecule has 0 aromatic carbocycles. The smallest absolute Gasteiger partial charge is 0.364 e. The van der Waals surface area contributed by atoms with E-state index in [1.165, 1.54) is 0 Å². The van der Waals surface area contributed by atoms with E-state index in [0.29, 0.717) is 6.54 Å². The van der Waals surface area contributed by atoms with Crippen LogP contribution in [-0.4, -0.2) is 31.5 Å². The Morgan fingerprint density at radius 3 is 2.12 bits per heavy atom. The average molecular weight is 241 g/mol. The summed E-state index contributed by atoms with van der Waals surface area (Å²) in [5, 5.41) is 3.08. The van der Waals surface area contributed by atoms with Gasteiger partial charge in [0, 0.05) is 6.54 Å². The fraction of sp³-hybridized carbons (Fsp3) is 1.00. The molecule has 0 heterocycles. The molecule has 0 amide bonds. The zero-order valence-corrected chi connectivity index (χ0v) is 10.4. The lowest BCUT2D eigenvalue weighted by Gasteiger charge is -2.27. The molecule has 98 valence electrons. The molecular weight excluding hydrogens is 219 g/mol. The van der Waals surface area contributed by atoms with Gasteiger partial charge < -0.3 is 10.1 Å². The van der Waals surface area contributed by atoms with Crippen LogP contribution in [0.3, 0.4) is 0 Å². The Balaban J connectivity index is 4.12. The fourth-order valence-electron chi connectivity index (χ4n) is 1.20. The molecule has 2 unspecified atom stereocenters. The van der Waals surface area contributed by atoms with Gasteiger partial charge in [-0.1, -0.05) is 20.8 Å². The van der Waals surface area contributed by atoms with Gasteiger partial charge in [-0.15, -0.1) is 0 Å². The minimum Gasteiger partial charge on any atom is -0.364 e. The second-order valence-electron chi connectivity index (χ2n) is 4.31. The number of hydrogen-bond acceptors (Lipinski definition) is 2. The van der Waals surface area contributed by atoms with Crippen LogP contribution in [0.2, 0.25) is 0 Å². The van der Waals surface area contributed by atoms with Gasteiger partial charge in [0.2, 0.25) is 0 Å². The Kier molecular flexibility index (Phi) is 6.99. The first-order chi connectivity index (χ1) is 7.29. The van der Waals surface area contributed by atoms with E-state index < -0.39 is 18.4 Å². The maximum absolute atomic E-state index is 12.3. The second kappa shape index (κ2) is 7.12. The molecule has 0 saturated carbocycles. The molecule has 0 rings (SSSR count). The number of hydrogen-bond donors (Lipinski definition) is 1. The zero-order chi connectivity index (χ0) is 12.8. The summed E-state index contributed by atoms with van der Waals surface area (Å²) in [6.45, 7) is 8.05. The number of alkyl halides is 3. The molecule has 5 heteroatoms. The molecule has 0 radical (unpaired) electrons. The maximum atomic E-state index is 12.3. The quantitative estimate of drug-likeness (QED) is 0.692. The first-order valence-corrected chi connectivity index (χ1v) is 5.71. The van der Waals surface area contributed by atoms with E-state index in [9.17, 15) is 13.2 Å². The van der Waals surface area contributed by atoms with Crippen molar-refractivity contribution in [1.82, 2.24) is 5.32 Å². The minimum atomic E-state index is -4.28. The van der Waals surface area contributed by atoms with Gasteiger partial charge in [-0.05, 0) is 25.8 Å². The Hall–Kier alpha value is -0.290. The van der Waals surface area contributed by atoms with Crippen LogP contribution in [0.1, 0.15) is 34.1 Å². The molecule has 0 saturated heterocycles. The lowest BCUT2D eigenvalue weighted by Crippen LogP contribution is -2.40. The van der Waals surface area contributed by atoms with Crippen LogP contribution in [0.25, 0.3) is 0 Å². The summed E-state index contributed by atoms with van der Waals surface area (Å²) in [6.07, 6.45) is -5.43. The van der Waals surface area contributed by atoms with E-state index in [0.717, 1.165) is 19.9 Å². The first-order valence-electron chi connectivity index (χ1n) is 5.71. The Morgan fingerprint density at radius 1 is 1.19 bits per heavy atom. The molecule has 1 N–H and O–H groups in total. The molecule has 0 bridgehead atoms. The van der Waals surface area contributed by atoms with Gasteiger partial charge in [0.05, 0.1) is 6.10 Å². The van der Waals surface area contributed by atoms with Gasteiger partial charge in [-0.3, -0.25) is 0 Å². The third-order valence-corrected chi connectivity index (χ3v) is 2.36. The summed E-state index contributed by atoms with van der Waals surface area (Å²) in [7, 11) is 0. The highest BCUT2D eigenvalue weighted by molar-refractivity contribution is 4.70. The minimum absolute atomic E-state index is 0.0640. The van der Waals surface area contributed by atoms with Crippen molar-refractivity contribution in [1.29, 1.82) is 0 Å². The molecule has 0 spiro atoms. The van der Waals surface area contributed by atoms with Crippen molar-refractivity contribution >= 4 is 0 Å². The van der Waals surface area contributed by atoms with Gasteiger partial charge in [0.1, 0.15) is 0 Å². The molecular formula is C11H22F3NO. The van der Waals surface area contributed by atoms with E-state index >= 15 is 0 Å². The summed E-state index contributed by atoms with van der Waals surface area (Å²) >= 11 is 0. The number of nitrogens with one attached hydrogen (secondary N) is 1. The zero-order valence-electron chi connectivity index (χ0n) is 10.4. The highest BCUT2D eigenvalue weighted by Crippen LogP contribution is 2.24. The Morgan fingerprint density at radius 2 is 1.75 bits per heavy atom. The number of halogens is 3. The van der Waals surface area contributed by atoms with Crippen LogP contribution in [0, 0.1) is 5.92 Å². The van der Waals surface area contributed by atoms with Crippen LogP contribution in [0.5, 0.6) is 0 Å². The first kappa shape index (κ1) is 15.7. The largest absolute Gasteiger partial charge is 0.414 e. The van der Waals surface area contributed by atoms with Crippen molar-refractivity contribution in [3.8, 4) is 0 Å². The van der Waals surface area contributed by atoms with Gasteiger partial charge in [-0.2, -0.15) is 13.2 Å². The predicted octanol–water partition coefficient (Wildman–Crippen LogP) is 2.98. The van der Waals surface area contributed by atoms with Crippen LogP contribution in [0.4, 0.5) is 13.2 Å². The molecule has 16 heavy (non-hydrogen) atoms. The van der Waals surface area contributed by atoms with Crippen LogP contribution in [0.15, 0.2) is 0 Å². The van der Waals surface area contributed by atoms with E-state index in [4.69, 9.17) is 4.74 Å². The predicted molar refractivity (Wildman–Crippen MR) is 58.4 cm³/mol. The fourth-order valence-corrected chi connectivity index (χ4v) is 1.20. The average Bonchev–Trinajstić information content (AvgIpc) is 2.14. The van der Waals surface area contributed by atoms with E-state index in [1.54, 1.807) is 0 Å². The van der Waals surface area contributed by atoms with E-state index in [1.807, 2.05) is 20.8 Å². The summed E-state index contributed by atoms with van der Waals surface area (Å²) in [5.74, 6) is 0.0640. The topological polar surface area (TPSA) is 21.3 Å². The normalized spacial score (nSPS) is 16.5. The van der Waals surface area contributed by atoms with E-state index in [2.05, 4.69) is 5.32 Å². The Labute approximate surface area is 95.5 Å². The molecule has 0 aliphatic heterocycles. The number of ether oxygens (including phenoxy) is 1. The summed E-state index contributed by atoms with van der Waals surface area (Å²) in [4.78, 5) is 0. The van der Waals surface area contributed by atoms with Crippen molar-refractivity contribution < 1.29 is 17.9 Å². The highest BCUT2D eigenvalue weighted by atomic mass is 19.4. The maximum Gasteiger partial charge on any atom is 0.414 e. The monoisotopic (exact) mass is 241 g/mol. The molecule has 0 aromatic heterocycles. The van der Waals surface area contributed by atoms with Gasteiger partial charge in [0.25, 0.3) is 0 Å². The second-order valence-corrected chi connectivity index (χ2v) is 4.31. The van der Waals surface area contributed by atoms with Crippen LogP contribution < -0.4 is 5.32 Å². The van der Waals surface area contributed by atoms with Crippen molar-refractivity contribution in [3.05, 3.63) is 0 Å². The lowest BCUT2D eigenvalue weighted by molar-refractivity contribution is -0.230. The van der Waals surface area contributed by atoms with Crippen molar-refractivity contribution in [2.45, 2.75) is 52.5 Å². The van der Waals surface area contributed by atoms with Gasteiger partial charge in [0.15, 0.2) is 6.10 Å². The molecule has 0 aliphatic rings. The van der Waals surface area contributed by atoms with Gasteiger partial charge >= 0.3 is 6.18 Å². The van der Waals surface area contributed by atoms with Crippen molar-refractivity contribution in [3.63, 3.8) is 0 Å². The van der Waals surface area contributed by atoms with Gasteiger partial charge in [-0.25, -0.2) is 0 Å².